The molecule has 6 nitrogen and oxygen atoms in total. The number of nitrogens with zero attached hydrogens (tertiary/aromatic N) is 1. The number of rotatable bonds is 3. The van der Waals surface area contributed by atoms with Gasteiger partial charge in [0.25, 0.3) is 5.91 Å². The van der Waals surface area contributed by atoms with Crippen molar-refractivity contribution in [2.24, 2.45) is 11.5 Å². The Balaban J connectivity index is 3.21. The topological polar surface area (TPSA) is 125 Å². The number of pyridine rings is 1. The molecule has 0 aromatic carbocycles. The molecule has 0 unspecified atom stereocenters. The van der Waals surface area contributed by atoms with Gasteiger partial charge in [-0.25, -0.2) is 0 Å². The van der Waals surface area contributed by atoms with Crippen LogP contribution in [0.25, 0.3) is 0 Å². The van der Waals surface area contributed by atoms with Crippen LogP contribution in [0.15, 0.2) is 12.4 Å². The lowest BCUT2D eigenvalue weighted by molar-refractivity contribution is -0.117. The van der Waals surface area contributed by atoms with Gasteiger partial charge in [0.2, 0.25) is 5.91 Å². The third kappa shape index (κ3) is 1.98. The number of primary amides is 2. The first kappa shape index (κ1) is 9.97. The number of hydrogen-bond donors (Lipinski definition) is 3. The Morgan fingerprint density at radius 3 is 2.43 bits per heavy atom. The van der Waals surface area contributed by atoms with Gasteiger partial charge in [-0.05, 0) is 5.56 Å². The second-order valence-electron chi connectivity index (χ2n) is 2.77. The molecule has 0 saturated heterocycles. The van der Waals surface area contributed by atoms with Crippen molar-refractivity contribution in [1.29, 1.82) is 0 Å². The maximum absolute atomic E-state index is 11.0. The highest BCUT2D eigenvalue weighted by atomic mass is 16.1. The highest BCUT2D eigenvalue weighted by Crippen LogP contribution is 2.14. The van der Waals surface area contributed by atoms with Crippen molar-refractivity contribution in [2.75, 3.05) is 5.73 Å². The maximum atomic E-state index is 11.0. The van der Waals surface area contributed by atoms with Crippen LogP contribution in [0.4, 0.5) is 5.69 Å². The van der Waals surface area contributed by atoms with Crippen molar-refractivity contribution in [3.05, 3.63) is 23.5 Å². The Morgan fingerprint density at radius 1 is 1.29 bits per heavy atom. The van der Waals surface area contributed by atoms with E-state index in [4.69, 9.17) is 17.2 Å². The highest BCUT2D eigenvalue weighted by molar-refractivity contribution is 6.00. The Hall–Kier alpha value is -2.11. The molecular formula is C8H10N4O2. The molecule has 0 radical (unpaired) electrons. The Morgan fingerprint density at radius 2 is 1.93 bits per heavy atom. The minimum Gasteiger partial charge on any atom is -0.397 e. The van der Waals surface area contributed by atoms with Crippen molar-refractivity contribution in [3.8, 4) is 0 Å². The Kier molecular flexibility index (Phi) is 2.66. The molecule has 0 aliphatic heterocycles. The van der Waals surface area contributed by atoms with E-state index in [1.807, 2.05) is 0 Å². The molecule has 2 amide bonds. The van der Waals surface area contributed by atoms with E-state index in [-0.39, 0.29) is 17.7 Å². The predicted octanol–water partition coefficient (Wildman–Crippen LogP) is -1.21. The van der Waals surface area contributed by atoms with Crippen LogP contribution in [0.1, 0.15) is 15.9 Å². The summed E-state index contributed by atoms with van der Waals surface area (Å²) >= 11 is 0. The summed E-state index contributed by atoms with van der Waals surface area (Å²) in [5, 5.41) is 0. The second-order valence-corrected chi connectivity index (χ2v) is 2.77. The molecule has 74 valence electrons. The molecule has 0 atom stereocenters. The Bertz CT molecular complexity index is 389. The molecule has 6 N–H and O–H groups in total. The molecule has 0 spiro atoms. The van der Waals surface area contributed by atoms with E-state index in [1.54, 1.807) is 0 Å². The highest BCUT2D eigenvalue weighted by Gasteiger charge is 2.13. The summed E-state index contributed by atoms with van der Waals surface area (Å²) < 4.78 is 0. The van der Waals surface area contributed by atoms with E-state index >= 15 is 0 Å². The number of anilines is 1. The summed E-state index contributed by atoms with van der Waals surface area (Å²) in [5.74, 6) is -1.26. The summed E-state index contributed by atoms with van der Waals surface area (Å²) in [7, 11) is 0. The predicted molar refractivity (Wildman–Crippen MR) is 50.1 cm³/mol. The van der Waals surface area contributed by atoms with Gasteiger partial charge in [-0.3, -0.25) is 14.6 Å². The van der Waals surface area contributed by atoms with Crippen molar-refractivity contribution < 1.29 is 9.59 Å². The fourth-order valence-electron chi connectivity index (χ4n) is 1.14. The number of hydrogen-bond acceptors (Lipinski definition) is 4. The molecule has 0 fully saturated rings. The van der Waals surface area contributed by atoms with Gasteiger partial charge < -0.3 is 17.2 Å². The molecule has 1 rings (SSSR count). The van der Waals surface area contributed by atoms with E-state index in [0.717, 1.165) is 0 Å². The van der Waals surface area contributed by atoms with Gasteiger partial charge in [-0.1, -0.05) is 0 Å². The van der Waals surface area contributed by atoms with E-state index < -0.39 is 11.8 Å². The van der Waals surface area contributed by atoms with Crippen LogP contribution in [0, 0.1) is 0 Å². The van der Waals surface area contributed by atoms with Gasteiger partial charge in [0, 0.05) is 6.20 Å². The lowest BCUT2D eigenvalue weighted by Gasteiger charge is -2.06. The molecule has 1 aromatic heterocycles. The first-order valence-electron chi connectivity index (χ1n) is 3.83. The summed E-state index contributed by atoms with van der Waals surface area (Å²) in [6.07, 6.45) is 2.54. The van der Waals surface area contributed by atoms with E-state index in [1.165, 1.54) is 12.4 Å². The first-order valence-corrected chi connectivity index (χ1v) is 3.83. The lowest BCUT2D eigenvalue weighted by atomic mass is 10.1. The van der Waals surface area contributed by atoms with E-state index in [2.05, 4.69) is 4.98 Å². The molecule has 0 bridgehead atoms. The van der Waals surface area contributed by atoms with Crippen molar-refractivity contribution >= 4 is 17.5 Å². The fraction of sp³-hybridized carbons (Fsp3) is 0.125. The third-order valence-corrected chi connectivity index (χ3v) is 1.66. The third-order valence-electron chi connectivity index (χ3n) is 1.66. The standard InChI is InChI=1S/C8H10N4O2/c9-5-3-12-2-4(1-6(10)13)7(5)8(11)14/h2-3H,1,9H2,(H2,10,13)(H2,11,14). The number of nitrogen functional groups attached to an aromatic ring is 1. The van der Waals surface area contributed by atoms with Crippen molar-refractivity contribution in [1.82, 2.24) is 4.98 Å². The smallest absolute Gasteiger partial charge is 0.251 e. The Labute approximate surface area is 80.1 Å². The van der Waals surface area contributed by atoms with Gasteiger partial charge in [0.15, 0.2) is 0 Å². The summed E-state index contributed by atoms with van der Waals surface area (Å²) in [4.78, 5) is 25.4. The summed E-state index contributed by atoms with van der Waals surface area (Å²) in [6, 6.07) is 0. The number of carbonyl (C=O) groups is 2. The van der Waals surface area contributed by atoms with Gasteiger partial charge in [-0.15, -0.1) is 0 Å². The zero-order valence-electron chi connectivity index (χ0n) is 7.36. The maximum Gasteiger partial charge on any atom is 0.251 e. The van der Waals surface area contributed by atoms with Crippen LogP contribution >= 0.6 is 0 Å². The zero-order chi connectivity index (χ0) is 10.7. The van der Waals surface area contributed by atoms with Gasteiger partial charge in [0.05, 0.1) is 23.9 Å². The molecule has 1 aromatic rings. The molecule has 1 heterocycles. The quantitative estimate of drug-likeness (QED) is 0.558. The van der Waals surface area contributed by atoms with Crippen LogP contribution in [-0.4, -0.2) is 16.8 Å². The molecule has 14 heavy (non-hydrogen) atoms. The van der Waals surface area contributed by atoms with Crippen molar-refractivity contribution in [2.45, 2.75) is 6.42 Å². The first-order chi connectivity index (χ1) is 6.52. The second kappa shape index (κ2) is 3.73. The average Bonchev–Trinajstić information content (AvgIpc) is 2.01. The number of carbonyl (C=O) groups excluding carboxylic acids is 2. The average molecular weight is 194 g/mol. The molecular weight excluding hydrogens is 184 g/mol. The number of amides is 2. The summed E-state index contributed by atoms with van der Waals surface area (Å²) in [5.41, 5.74) is 16.2. The van der Waals surface area contributed by atoms with E-state index in [9.17, 15) is 9.59 Å². The van der Waals surface area contributed by atoms with Gasteiger partial charge in [-0.2, -0.15) is 0 Å². The van der Waals surface area contributed by atoms with Crippen LogP contribution in [0.3, 0.4) is 0 Å². The lowest BCUT2D eigenvalue weighted by Crippen LogP contribution is -2.21. The van der Waals surface area contributed by atoms with Gasteiger partial charge in [0.1, 0.15) is 0 Å². The molecule has 6 heteroatoms. The minimum atomic E-state index is -0.693. The summed E-state index contributed by atoms with van der Waals surface area (Å²) in [6.45, 7) is 0. The fourth-order valence-corrected chi connectivity index (χ4v) is 1.14. The van der Waals surface area contributed by atoms with Crippen molar-refractivity contribution in [3.63, 3.8) is 0 Å². The van der Waals surface area contributed by atoms with E-state index in [0.29, 0.717) is 5.56 Å². The largest absolute Gasteiger partial charge is 0.397 e. The zero-order valence-corrected chi connectivity index (χ0v) is 7.36. The normalized spacial score (nSPS) is 9.71. The minimum absolute atomic E-state index is 0.101. The molecule has 0 aliphatic rings. The molecule has 0 saturated carbocycles. The number of nitrogens with two attached hydrogens (primary N) is 3. The number of aromatic nitrogens is 1. The molecule has 0 aliphatic carbocycles. The van der Waals surface area contributed by atoms with Gasteiger partial charge >= 0.3 is 0 Å². The van der Waals surface area contributed by atoms with Crippen LogP contribution < -0.4 is 17.2 Å². The monoisotopic (exact) mass is 194 g/mol. The van der Waals surface area contributed by atoms with Crippen LogP contribution in [-0.2, 0) is 11.2 Å². The van der Waals surface area contributed by atoms with Crippen LogP contribution in [0.5, 0.6) is 0 Å². The van der Waals surface area contributed by atoms with Crippen LogP contribution in [0.2, 0.25) is 0 Å². The SMILES string of the molecule is NC(=O)Cc1cncc(N)c1C(N)=O.